The molecular weight excluding hydrogens is 310 g/mol. The Morgan fingerprint density at radius 2 is 2.08 bits per heavy atom. The van der Waals surface area contributed by atoms with Gasteiger partial charge in [-0.25, -0.2) is 0 Å². The first kappa shape index (κ1) is 17.6. The zero-order chi connectivity index (χ0) is 17.5. The minimum absolute atomic E-state index is 0.0734. The Morgan fingerprint density at radius 1 is 1.24 bits per heavy atom. The number of rotatable bonds is 6. The van der Waals surface area contributed by atoms with Crippen molar-refractivity contribution in [3.63, 3.8) is 0 Å². The number of nitrogens with zero attached hydrogens (tertiary/aromatic N) is 3. The minimum Gasteiger partial charge on any atom is -0.337 e. The normalized spacial score (nSPS) is 18.0. The van der Waals surface area contributed by atoms with Crippen molar-refractivity contribution in [2.24, 2.45) is 0 Å². The highest BCUT2D eigenvalue weighted by molar-refractivity contribution is 5.93. The molecule has 2 aromatic rings. The van der Waals surface area contributed by atoms with E-state index in [0.29, 0.717) is 5.56 Å². The van der Waals surface area contributed by atoms with Crippen molar-refractivity contribution < 1.29 is 4.79 Å². The van der Waals surface area contributed by atoms with E-state index in [4.69, 9.17) is 0 Å². The van der Waals surface area contributed by atoms with Crippen molar-refractivity contribution in [1.82, 2.24) is 14.8 Å². The van der Waals surface area contributed by atoms with Crippen molar-refractivity contribution >= 4 is 5.91 Å². The lowest BCUT2D eigenvalue weighted by molar-refractivity contribution is 0.0616. The van der Waals surface area contributed by atoms with Gasteiger partial charge in [0.2, 0.25) is 0 Å². The van der Waals surface area contributed by atoms with E-state index in [-0.39, 0.29) is 11.9 Å². The number of likely N-dealkylation sites (N-methyl/N-ethyl adjacent to an activating group) is 1. The largest absolute Gasteiger partial charge is 0.337 e. The van der Waals surface area contributed by atoms with E-state index >= 15 is 0 Å². The number of likely N-dealkylation sites (tertiary alicyclic amines) is 1. The number of aromatic nitrogens is 1. The third-order valence-electron chi connectivity index (χ3n) is 5.04. The van der Waals surface area contributed by atoms with Gasteiger partial charge in [-0.15, -0.1) is 0 Å². The number of piperidine rings is 1. The Balaban J connectivity index is 1.49. The second-order valence-corrected chi connectivity index (χ2v) is 6.84. The lowest BCUT2D eigenvalue weighted by Crippen LogP contribution is -2.48. The standard InChI is InChI=1S/C21H27N3O/c1-23(21(25)19-11-5-13-22-16-19)20-12-7-15-24(17-20)14-6-10-18-8-3-2-4-9-18/h2-5,8-9,11,13,16,20H,6-7,10,12,14-15,17H2,1H3/t20-/m0/s1. The molecule has 1 aliphatic heterocycles. The summed E-state index contributed by atoms with van der Waals surface area (Å²) in [4.78, 5) is 21.1. The van der Waals surface area contributed by atoms with Crippen LogP contribution >= 0.6 is 0 Å². The van der Waals surface area contributed by atoms with E-state index in [1.807, 2.05) is 24.1 Å². The maximum Gasteiger partial charge on any atom is 0.255 e. The predicted octanol–water partition coefficient (Wildman–Crippen LogP) is 3.25. The highest BCUT2D eigenvalue weighted by atomic mass is 16.2. The van der Waals surface area contributed by atoms with E-state index in [2.05, 4.69) is 40.2 Å². The van der Waals surface area contributed by atoms with Crippen LogP contribution < -0.4 is 0 Å². The Labute approximate surface area is 150 Å². The van der Waals surface area contributed by atoms with Gasteiger partial charge >= 0.3 is 0 Å². The van der Waals surface area contributed by atoms with Crippen LogP contribution in [0.1, 0.15) is 35.2 Å². The number of amides is 1. The Morgan fingerprint density at radius 3 is 2.84 bits per heavy atom. The van der Waals surface area contributed by atoms with Gasteiger partial charge in [-0.3, -0.25) is 9.78 Å². The lowest BCUT2D eigenvalue weighted by Gasteiger charge is -2.37. The average Bonchev–Trinajstić information content (AvgIpc) is 2.68. The molecule has 4 heteroatoms. The van der Waals surface area contributed by atoms with Gasteiger partial charge < -0.3 is 9.80 Å². The third-order valence-corrected chi connectivity index (χ3v) is 5.04. The Hall–Kier alpha value is -2.20. The topological polar surface area (TPSA) is 36.4 Å². The maximum atomic E-state index is 12.6. The summed E-state index contributed by atoms with van der Waals surface area (Å²) < 4.78 is 0. The summed E-state index contributed by atoms with van der Waals surface area (Å²) in [7, 11) is 1.92. The number of hydrogen-bond donors (Lipinski definition) is 0. The van der Waals surface area contributed by atoms with Crippen LogP contribution in [-0.4, -0.2) is 53.4 Å². The van der Waals surface area contributed by atoms with Crippen LogP contribution in [-0.2, 0) is 6.42 Å². The van der Waals surface area contributed by atoms with Gasteiger partial charge in [0.15, 0.2) is 0 Å². The summed E-state index contributed by atoms with van der Waals surface area (Å²) in [5, 5.41) is 0. The summed E-state index contributed by atoms with van der Waals surface area (Å²) in [6.07, 6.45) is 7.87. The first-order chi connectivity index (χ1) is 12.2. The molecule has 1 aliphatic rings. The number of carbonyl (C=O) groups excluding carboxylic acids is 1. The lowest BCUT2D eigenvalue weighted by atomic mass is 10.0. The summed E-state index contributed by atoms with van der Waals surface area (Å²) in [5.74, 6) is 0.0734. The maximum absolute atomic E-state index is 12.6. The molecule has 1 aromatic heterocycles. The van der Waals surface area contributed by atoms with E-state index in [0.717, 1.165) is 45.3 Å². The molecular formula is C21H27N3O. The van der Waals surface area contributed by atoms with Gasteiger partial charge in [0.1, 0.15) is 0 Å². The Bertz CT molecular complexity index is 659. The molecule has 0 bridgehead atoms. The van der Waals surface area contributed by atoms with Gasteiger partial charge in [-0.1, -0.05) is 30.3 Å². The fraction of sp³-hybridized carbons (Fsp3) is 0.429. The molecule has 3 rings (SSSR count). The van der Waals surface area contributed by atoms with E-state index in [1.165, 1.54) is 5.56 Å². The fourth-order valence-electron chi connectivity index (χ4n) is 3.56. The summed E-state index contributed by atoms with van der Waals surface area (Å²) >= 11 is 0. The van der Waals surface area contributed by atoms with Crippen LogP contribution in [0.15, 0.2) is 54.9 Å². The molecule has 25 heavy (non-hydrogen) atoms. The second kappa shape index (κ2) is 8.77. The van der Waals surface area contributed by atoms with Crippen molar-refractivity contribution in [3.05, 3.63) is 66.0 Å². The minimum atomic E-state index is 0.0734. The zero-order valence-electron chi connectivity index (χ0n) is 15.0. The summed E-state index contributed by atoms with van der Waals surface area (Å²) in [6, 6.07) is 14.6. The third kappa shape index (κ3) is 4.89. The summed E-state index contributed by atoms with van der Waals surface area (Å²) in [6.45, 7) is 3.21. The Kier molecular flexibility index (Phi) is 6.18. The van der Waals surface area contributed by atoms with E-state index < -0.39 is 0 Å². The fourth-order valence-corrected chi connectivity index (χ4v) is 3.56. The molecule has 1 atom stereocenters. The van der Waals surface area contributed by atoms with Crippen LogP contribution in [0.25, 0.3) is 0 Å². The number of pyridine rings is 1. The highest BCUT2D eigenvalue weighted by Crippen LogP contribution is 2.17. The van der Waals surface area contributed by atoms with Crippen molar-refractivity contribution in [1.29, 1.82) is 0 Å². The molecule has 1 saturated heterocycles. The van der Waals surface area contributed by atoms with Crippen LogP contribution in [0.3, 0.4) is 0 Å². The number of benzene rings is 1. The SMILES string of the molecule is CN(C(=O)c1cccnc1)[C@H]1CCCN(CCCc2ccccc2)C1. The molecule has 0 aliphatic carbocycles. The molecule has 1 fully saturated rings. The molecule has 0 spiro atoms. The molecule has 1 aromatic carbocycles. The second-order valence-electron chi connectivity index (χ2n) is 6.84. The molecule has 1 amide bonds. The van der Waals surface area contributed by atoms with Crippen LogP contribution in [0.5, 0.6) is 0 Å². The molecule has 132 valence electrons. The van der Waals surface area contributed by atoms with E-state index in [1.54, 1.807) is 12.4 Å². The van der Waals surface area contributed by atoms with Crippen molar-refractivity contribution in [2.75, 3.05) is 26.7 Å². The average molecular weight is 337 g/mol. The first-order valence-electron chi connectivity index (χ1n) is 9.17. The van der Waals surface area contributed by atoms with Crippen LogP contribution in [0.4, 0.5) is 0 Å². The number of aryl methyl sites for hydroxylation is 1. The van der Waals surface area contributed by atoms with Crippen LogP contribution in [0.2, 0.25) is 0 Å². The van der Waals surface area contributed by atoms with Crippen LogP contribution in [0, 0.1) is 0 Å². The quantitative estimate of drug-likeness (QED) is 0.812. The predicted molar refractivity (Wildman–Crippen MR) is 101 cm³/mol. The molecule has 2 heterocycles. The molecule has 0 saturated carbocycles. The highest BCUT2D eigenvalue weighted by Gasteiger charge is 2.26. The number of carbonyl (C=O) groups is 1. The van der Waals surface area contributed by atoms with E-state index in [9.17, 15) is 4.79 Å². The van der Waals surface area contributed by atoms with Crippen molar-refractivity contribution in [2.45, 2.75) is 31.7 Å². The zero-order valence-corrected chi connectivity index (χ0v) is 15.0. The number of hydrogen-bond acceptors (Lipinski definition) is 3. The summed E-state index contributed by atoms with van der Waals surface area (Å²) in [5.41, 5.74) is 2.08. The van der Waals surface area contributed by atoms with Gasteiger partial charge in [0, 0.05) is 32.0 Å². The smallest absolute Gasteiger partial charge is 0.255 e. The van der Waals surface area contributed by atoms with Gasteiger partial charge in [-0.05, 0) is 56.5 Å². The molecule has 4 nitrogen and oxygen atoms in total. The van der Waals surface area contributed by atoms with Gasteiger partial charge in [0.25, 0.3) is 5.91 Å². The monoisotopic (exact) mass is 337 g/mol. The first-order valence-corrected chi connectivity index (χ1v) is 9.17. The van der Waals surface area contributed by atoms with Crippen molar-refractivity contribution in [3.8, 4) is 0 Å². The van der Waals surface area contributed by atoms with Gasteiger partial charge in [-0.2, -0.15) is 0 Å². The molecule has 0 N–H and O–H groups in total. The molecule has 0 unspecified atom stereocenters. The molecule has 0 radical (unpaired) electrons. The van der Waals surface area contributed by atoms with Gasteiger partial charge in [0.05, 0.1) is 5.56 Å².